The zero-order chi connectivity index (χ0) is 15.7. The molecule has 0 spiro atoms. The molecule has 114 valence electrons. The van der Waals surface area contributed by atoms with Crippen molar-refractivity contribution in [2.24, 2.45) is 5.92 Å². The van der Waals surface area contributed by atoms with E-state index in [0.717, 1.165) is 30.6 Å². The molecule has 0 radical (unpaired) electrons. The molecule has 0 atom stereocenters. The Hall–Kier alpha value is -2.10. The standard InChI is InChI=1S/C17H22O4/c1-13(2)6-5-11-20-16(18)9-10-17(19)21-15-8-4-7-14(3)12-15/h4,7-10,12-13H,5-6,11H2,1-3H3/b10-9+. The van der Waals surface area contributed by atoms with Crippen molar-refractivity contribution in [1.82, 2.24) is 0 Å². The summed E-state index contributed by atoms with van der Waals surface area (Å²) in [5, 5.41) is 0. The lowest BCUT2D eigenvalue weighted by atomic mass is 10.1. The fraction of sp³-hybridized carbons (Fsp3) is 0.412. The maximum Gasteiger partial charge on any atom is 0.336 e. The second-order valence-electron chi connectivity index (χ2n) is 5.27. The highest BCUT2D eigenvalue weighted by molar-refractivity contribution is 5.92. The molecule has 0 heterocycles. The number of carbonyl (C=O) groups is 2. The zero-order valence-corrected chi connectivity index (χ0v) is 12.8. The minimum absolute atomic E-state index is 0.369. The fourth-order valence-corrected chi connectivity index (χ4v) is 1.68. The third kappa shape index (κ3) is 7.92. The van der Waals surface area contributed by atoms with E-state index < -0.39 is 11.9 Å². The van der Waals surface area contributed by atoms with Crippen molar-refractivity contribution in [3.8, 4) is 5.75 Å². The average molecular weight is 290 g/mol. The lowest BCUT2D eigenvalue weighted by molar-refractivity contribution is -0.138. The SMILES string of the molecule is Cc1cccc(OC(=O)/C=C/C(=O)OCCCC(C)C)c1. The van der Waals surface area contributed by atoms with E-state index in [2.05, 4.69) is 13.8 Å². The smallest absolute Gasteiger partial charge is 0.336 e. The second-order valence-corrected chi connectivity index (χ2v) is 5.27. The van der Waals surface area contributed by atoms with Gasteiger partial charge in [-0.2, -0.15) is 0 Å². The van der Waals surface area contributed by atoms with E-state index in [1.54, 1.807) is 18.2 Å². The predicted octanol–water partition coefficient (Wildman–Crippen LogP) is 3.44. The molecule has 0 fully saturated rings. The molecule has 1 aromatic rings. The van der Waals surface area contributed by atoms with Crippen LogP contribution < -0.4 is 4.74 Å². The molecule has 0 saturated carbocycles. The molecule has 21 heavy (non-hydrogen) atoms. The predicted molar refractivity (Wildman–Crippen MR) is 81.0 cm³/mol. The van der Waals surface area contributed by atoms with Crippen molar-refractivity contribution in [3.63, 3.8) is 0 Å². The van der Waals surface area contributed by atoms with Crippen LogP contribution in [0.5, 0.6) is 5.75 Å². The molecule has 0 bridgehead atoms. The molecular formula is C17H22O4. The average Bonchev–Trinajstić information content (AvgIpc) is 2.41. The molecule has 0 aliphatic rings. The number of benzene rings is 1. The topological polar surface area (TPSA) is 52.6 Å². The van der Waals surface area contributed by atoms with Gasteiger partial charge in [0.2, 0.25) is 0 Å². The highest BCUT2D eigenvalue weighted by Gasteiger charge is 2.03. The Bertz CT molecular complexity index is 503. The lowest BCUT2D eigenvalue weighted by Gasteiger charge is -2.04. The maximum atomic E-state index is 11.5. The van der Waals surface area contributed by atoms with Gasteiger partial charge < -0.3 is 9.47 Å². The van der Waals surface area contributed by atoms with E-state index in [0.29, 0.717) is 18.3 Å². The number of rotatable bonds is 7. The van der Waals surface area contributed by atoms with E-state index in [1.807, 2.05) is 13.0 Å². The van der Waals surface area contributed by atoms with Crippen LogP contribution in [0.15, 0.2) is 36.4 Å². The van der Waals surface area contributed by atoms with Gasteiger partial charge >= 0.3 is 11.9 Å². The molecular weight excluding hydrogens is 268 g/mol. The molecule has 1 aromatic carbocycles. The Balaban J connectivity index is 2.31. The molecule has 0 saturated heterocycles. The van der Waals surface area contributed by atoms with E-state index in [1.165, 1.54) is 0 Å². The van der Waals surface area contributed by atoms with Gasteiger partial charge in [0.05, 0.1) is 6.61 Å². The Morgan fingerprint density at radius 2 is 1.90 bits per heavy atom. The van der Waals surface area contributed by atoms with Crippen LogP contribution in [-0.2, 0) is 14.3 Å². The number of ether oxygens (including phenoxy) is 2. The van der Waals surface area contributed by atoms with Crippen molar-refractivity contribution in [2.45, 2.75) is 33.6 Å². The molecule has 0 amide bonds. The van der Waals surface area contributed by atoms with Crippen molar-refractivity contribution >= 4 is 11.9 Å². The molecule has 4 nitrogen and oxygen atoms in total. The van der Waals surface area contributed by atoms with Crippen LogP contribution in [0.2, 0.25) is 0 Å². The van der Waals surface area contributed by atoms with Crippen LogP contribution in [0, 0.1) is 12.8 Å². The summed E-state index contributed by atoms with van der Waals surface area (Å²) in [5.74, 6) is -0.0850. The number of hydrogen-bond donors (Lipinski definition) is 0. The highest BCUT2D eigenvalue weighted by Crippen LogP contribution is 2.12. The van der Waals surface area contributed by atoms with Crippen molar-refractivity contribution in [2.75, 3.05) is 6.61 Å². The van der Waals surface area contributed by atoms with Crippen LogP contribution >= 0.6 is 0 Å². The van der Waals surface area contributed by atoms with E-state index >= 15 is 0 Å². The fourth-order valence-electron chi connectivity index (χ4n) is 1.68. The highest BCUT2D eigenvalue weighted by atomic mass is 16.5. The molecule has 0 aromatic heterocycles. The first kappa shape index (κ1) is 17.0. The molecule has 0 aliphatic heterocycles. The summed E-state index contributed by atoms with van der Waals surface area (Å²) in [7, 11) is 0. The normalized spacial score (nSPS) is 10.9. The van der Waals surface area contributed by atoms with Gasteiger partial charge in [-0.25, -0.2) is 9.59 Å². The number of esters is 2. The summed E-state index contributed by atoms with van der Waals surface area (Å²) in [6.45, 7) is 6.50. The van der Waals surface area contributed by atoms with E-state index in [4.69, 9.17) is 9.47 Å². The monoisotopic (exact) mass is 290 g/mol. The third-order valence-corrected chi connectivity index (χ3v) is 2.73. The maximum absolute atomic E-state index is 11.5. The van der Waals surface area contributed by atoms with E-state index in [-0.39, 0.29) is 0 Å². The number of carbonyl (C=O) groups excluding carboxylic acids is 2. The molecule has 0 unspecified atom stereocenters. The van der Waals surface area contributed by atoms with Gasteiger partial charge in [-0.1, -0.05) is 26.0 Å². The lowest BCUT2D eigenvalue weighted by Crippen LogP contribution is -2.07. The molecule has 0 aliphatic carbocycles. The minimum Gasteiger partial charge on any atom is -0.463 e. The van der Waals surface area contributed by atoms with Gasteiger partial charge in [0.1, 0.15) is 5.75 Å². The van der Waals surface area contributed by atoms with Gasteiger partial charge in [-0.15, -0.1) is 0 Å². The first-order valence-corrected chi connectivity index (χ1v) is 7.10. The summed E-state index contributed by atoms with van der Waals surface area (Å²) < 4.78 is 10.0. The van der Waals surface area contributed by atoms with Gasteiger partial charge in [0.25, 0.3) is 0 Å². The number of aryl methyl sites for hydroxylation is 1. The Morgan fingerprint density at radius 3 is 2.57 bits per heavy atom. The minimum atomic E-state index is -0.597. The Labute approximate surface area is 125 Å². The largest absolute Gasteiger partial charge is 0.463 e. The molecule has 1 rings (SSSR count). The first-order valence-electron chi connectivity index (χ1n) is 7.10. The van der Waals surface area contributed by atoms with Crippen molar-refractivity contribution < 1.29 is 19.1 Å². The van der Waals surface area contributed by atoms with Gasteiger partial charge in [0.15, 0.2) is 0 Å². The summed E-state index contributed by atoms with van der Waals surface area (Å²) in [6, 6.07) is 7.13. The van der Waals surface area contributed by atoms with Crippen molar-refractivity contribution in [1.29, 1.82) is 0 Å². The molecule has 0 N–H and O–H groups in total. The van der Waals surface area contributed by atoms with Crippen LogP contribution in [0.1, 0.15) is 32.3 Å². The summed E-state index contributed by atoms with van der Waals surface area (Å²) in [6.07, 6.45) is 4.00. The first-order chi connectivity index (χ1) is 9.97. The van der Waals surface area contributed by atoms with Gasteiger partial charge in [0, 0.05) is 12.2 Å². The van der Waals surface area contributed by atoms with E-state index in [9.17, 15) is 9.59 Å². The summed E-state index contributed by atoms with van der Waals surface area (Å²) in [4.78, 5) is 22.9. The van der Waals surface area contributed by atoms with Gasteiger partial charge in [-0.3, -0.25) is 0 Å². The van der Waals surface area contributed by atoms with Crippen LogP contribution in [-0.4, -0.2) is 18.5 Å². The van der Waals surface area contributed by atoms with Crippen molar-refractivity contribution in [3.05, 3.63) is 42.0 Å². The zero-order valence-electron chi connectivity index (χ0n) is 12.8. The van der Waals surface area contributed by atoms with Crippen LogP contribution in [0.3, 0.4) is 0 Å². The number of hydrogen-bond acceptors (Lipinski definition) is 4. The van der Waals surface area contributed by atoms with Crippen LogP contribution in [0.4, 0.5) is 0 Å². The summed E-state index contributed by atoms with van der Waals surface area (Å²) >= 11 is 0. The Morgan fingerprint density at radius 1 is 1.19 bits per heavy atom. The van der Waals surface area contributed by atoms with Gasteiger partial charge in [-0.05, 0) is 43.4 Å². The molecule has 4 heteroatoms. The summed E-state index contributed by atoms with van der Waals surface area (Å²) in [5.41, 5.74) is 0.994. The second kappa shape index (κ2) is 8.95. The quantitative estimate of drug-likeness (QED) is 0.334. The third-order valence-electron chi connectivity index (χ3n) is 2.73. The Kier molecular flexibility index (Phi) is 7.23. The van der Waals surface area contributed by atoms with Crippen LogP contribution in [0.25, 0.3) is 0 Å².